The fourth-order valence-electron chi connectivity index (χ4n) is 10.1. The van der Waals surface area contributed by atoms with E-state index in [4.69, 9.17) is 14.7 Å². The van der Waals surface area contributed by atoms with E-state index >= 15 is 0 Å². The van der Waals surface area contributed by atoms with E-state index in [0.717, 1.165) is 95.4 Å². The lowest BCUT2D eigenvalue weighted by atomic mass is 9.80. The minimum absolute atomic E-state index is 0.101. The van der Waals surface area contributed by atoms with Gasteiger partial charge < -0.3 is 45.2 Å². The van der Waals surface area contributed by atoms with Crippen LogP contribution in [0.2, 0.25) is 0 Å². The van der Waals surface area contributed by atoms with Gasteiger partial charge in [0.2, 0.25) is 17.7 Å². The summed E-state index contributed by atoms with van der Waals surface area (Å²) in [5, 5.41) is 15.9. The minimum atomic E-state index is -0.724. The molecule has 3 unspecified atom stereocenters. The lowest BCUT2D eigenvalue weighted by molar-refractivity contribution is -0.139. The summed E-state index contributed by atoms with van der Waals surface area (Å²) in [4.78, 5) is 75.8. The third kappa shape index (κ3) is 8.14. The van der Waals surface area contributed by atoms with Gasteiger partial charge in [0.1, 0.15) is 30.3 Å². The van der Waals surface area contributed by atoms with Gasteiger partial charge in [-0.2, -0.15) is 0 Å². The van der Waals surface area contributed by atoms with Crippen molar-refractivity contribution in [1.29, 1.82) is 0 Å². The molecular formula is C48H57N9O6. The number of hydrogen-bond donors (Lipinski definition) is 6. The number of carbonyl (C=O) groups is 4. The Morgan fingerprint density at radius 2 is 1.37 bits per heavy atom. The fourth-order valence-corrected chi connectivity index (χ4v) is 10.1. The number of likely N-dealkylation sites (tertiary alicyclic amines) is 2. The first kappa shape index (κ1) is 42.1. The lowest BCUT2D eigenvalue weighted by Crippen LogP contribution is -2.51. The number of aromatic nitrogens is 5. The fraction of sp³-hybridized carbons (Fsp3) is 0.458. The number of rotatable bonds is 11. The summed E-state index contributed by atoms with van der Waals surface area (Å²) in [6, 6.07) is 17.7. The molecule has 9 rings (SSSR count). The van der Waals surface area contributed by atoms with Crippen LogP contribution in [0, 0.1) is 11.8 Å². The topological polar surface area (TPSA) is 201 Å². The molecule has 15 nitrogen and oxygen atoms in total. The number of alkyl carbamates (subject to hydrolysis) is 1. The third-order valence-electron chi connectivity index (χ3n) is 13.5. The van der Waals surface area contributed by atoms with E-state index in [0.29, 0.717) is 19.0 Å². The number of nitrogens with zero attached hydrogens (tertiary/aromatic N) is 4. The molecule has 3 aromatic carbocycles. The molecule has 3 aliphatic rings. The van der Waals surface area contributed by atoms with E-state index in [1.807, 2.05) is 43.6 Å². The Bertz CT molecular complexity index is 2710. The number of fused-ring (bicyclic) bond motifs is 4. The standard InChI is InChI=1S/C48H57N9O6/c1-25(2)42(54-41(59)24-58)46(60)56-16-6-8-39(56)45-51-34-15-13-30(21-38(34)53-45)35-23-32-19-28-11-10-27(18-31(28)22-36(32)49-35)29-12-14-33-37(20-29)52-44(50-33)40-9-7-17-57(40)47(61)43(26(3)4)55-48(62)63-5/h12-15,19-23,25-27,39-40,42-43,49,58H,6-11,16-18,24H2,1-5H3,(H,50,52)(H,51,53)(H,54,59)(H,55,62)/t27?,39?,40?,42-,43+/m0/s1. The zero-order chi connectivity index (χ0) is 44.1. The van der Waals surface area contributed by atoms with Crippen LogP contribution in [-0.4, -0.2) is 103 Å². The van der Waals surface area contributed by atoms with Gasteiger partial charge in [-0.1, -0.05) is 39.8 Å². The van der Waals surface area contributed by atoms with Crippen LogP contribution in [0.3, 0.4) is 0 Å². The Balaban J connectivity index is 0.905. The van der Waals surface area contributed by atoms with Crippen LogP contribution >= 0.6 is 0 Å². The molecule has 1 aliphatic carbocycles. The van der Waals surface area contributed by atoms with E-state index in [1.165, 1.54) is 29.2 Å². The summed E-state index contributed by atoms with van der Waals surface area (Å²) < 4.78 is 4.80. The maximum atomic E-state index is 13.7. The number of hydrogen-bond acceptors (Lipinski definition) is 8. The van der Waals surface area contributed by atoms with Gasteiger partial charge in [0.25, 0.3) is 0 Å². The van der Waals surface area contributed by atoms with Crippen molar-refractivity contribution < 1.29 is 29.0 Å². The maximum Gasteiger partial charge on any atom is 0.407 e. The summed E-state index contributed by atoms with van der Waals surface area (Å²) >= 11 is 0. The summed E-state index contributed by atoms with van der Waals surface area (Å²) in [6.07, 6.45) is 5.59. The van der Waals surface area contributed by atoms with Crippen LogP contribution in [0.25, 0.3) is 44.2 Å². The second kappa shape index (κ2) is 17.2. The minimum Gasteiger partial charge on any atom is -0.453 e. The number of aliphatic hydroxyl groups excluding tert-OH is 1. The van der Waals surface area contributed by atoms with Gasteiger partial charge in [-0.3, -0.25) is 14.4 Å². The molecule has 5 atom stereocenters. The van der Waals surface area contributed by atoms with Crippen molar-refractivity contribution in [2.24, 2.45) is 11.8 Å². The second-order valence-corrected chi connectivity index (χ2v) is 18.3. The van der Waals surface area contributed by atoms with Crippen molar-refractivity contribution in [3.05, 3.63) is 82.9 Å². The highest BCUT2D eigenvalue weighted by Gasteiger charge is 2.39. The van der Waals surface area contributed by atoms with Gasteiger partial charge in [0.15, 0.2) is 0 Å². The van der Waals surface area contributed by atoms with Crippen LogP contribution in [0.15, 0.2) is 54.6 Å². The average molecular weight is 856 g/mol. The summed E-state index contributed by atoms with van der Waals surface area (Å²) in [5.41, 5.74) is 10.7. The summed E-state index contributed by atoms with van der Waals surface area (Å²) in [7, 11) is 1.30. The second-order valence-electron chi connectivity index (χ2n) is 18.3. The highest BCUT2D eigenvalue weighted by molar-refractivity contribution is 5.91. The zero-order valence-electron chi connectivity index (χ0n) is 36.6. The molecule has 2 aliphatic heterocycles. The maximum absolute atomic E-state index is 13.7. The number of amides is 4. The van der Waals surface area contributed by atoms with Crippen LogP contribution in [0.5, 0.6) is 0 Å². The highest BCUT2D eigenvalue weighted by atomic mass is 16.5. The third-order valence-corrected chi connectivity index (χ3v) is 13.5. The Morgan fingerprint density at radius 1 is 0.746 bits per heavy atom. The number of imidazole rings is 2. The SMILES string of the molecule is COC(=O)N[C@@H](C(=O)N1CCCC1c1nc2ccc(C3CCc4cc5cc(-c6ccc7nc(C8CCCN8C(=O)[C@@H](NC(=O)CO)C(C)C)[nH]c7c6)[nH]c5cc4C3)cc2[nH]1)C(C)C. The highest BCUT2D eigenvalue weighted by Crippen LogP contribution is 2.39. The quantitative estimate of drug-likeness (QED) is 0.0827. The Morgan fingerprint density at radius 3 is 1.98 bits per heavy atom. The molecule has 3 aromatic heterocycles. The van der Waals surface area contributed by atoms with Crippen LogP contribution in [-0.2, 0) is 32.0 Å². The van der Waals surface area contributed by atoms with Gasteiger partial charge in [0, 0.05) is 35.2 Å². The van der Waals surface area contributed by atoms with Gasteiger partial charge in [-0.15, -0.1) is 0 Å². The van der Waals surface area contributed by atoms with Gasteiger partial charge in [0.05, 0.1) is 41.3 Å². The first-order valence-corrected chi connectivity index (χ1v) is 22.4. The van der Waals surface area contributed by atoms with E-state index in [-0.39, 0.29) is 35.7 Å². The van der Waals surface area contributed by atoms with Gasteiger partial charge in [-0.05, 0) is 122 Å². The average Bonchev–Trinajstić information content (AvgIpc) is 4.14. The lowest BCUT2D eigenvalue weighted by Gasteiger charge is -2.30. The smallest absolute Gasteiger partial charge is 0.407 e. The van der Waals surface area contributed by atoms with Crippen molar-refractivity contribution in [2.45, 2.75) is 103 Å². The normalized spacial score (nSPS) is 19.9. The largest absolute Gasteiger partial charge is 0.453 e. The number of benzene rings is 3. The van der Waals surface area contributed by atoms with E-state index in [2.05, 4.69) is 74.1 Å². The molecule has 0 radical (unpaired) electrons. The van der Waals surface area contributed by atoms with Crippen LogP contribution in [0.1, 0.15) is 106 Å². The van der Waals surface area contributed by atoms with E-state index in [1.54, 1.807) is 0 Å². The Kier molecular flexibility index (Phi) is 11.5. The van der Waals surface area contributed by atoms with Crippen molar-refractivity contribution in [2.75, 3.05) is 26.8 Å². The number of H-pyrrole nitrogens is 3. The predicted molar refractivity (Wildman–Crippen MR) is 240 cm³/mol. The number of aromatic amines is 3. The zero-order valence-corrected chi connectivity index (χ0v) is 36.6. The molecule has 15 heteroatoms. The molecule has 0 bridgehead atoms. The van der Waals surface area contributed by atoms with Crippen LogP contribution in [0.4, 0.5) is 4.79 Å². The van der Waals surface area contributed by atoms with Crippen molar-refractivity contribution in [3.63, 3.8) is 0 Å². The molecular weight excluding hydrogens is 799 g/mol. The Hall–Kier alpha value is -6.22. The molecule has 6 aromatic rings. The number of methoxy groups -OCH3 is 1. The molecule has 0 spiro atoms. The molecule has 63 heavy (non-hydrogen) atoms. The van der Waals surface area contributed by atoms with Crippen molar-refractivity contribution in [3.8, 4) is 11.3 Å². The van der Waals surface area contributed by atoms with Crippen molar-refractivity contribution >= 4 is 56.8 Å². The monoisotopic (exact) mass is 855 g/mol. The van der Waals surface area contributed by atoms with Crippen molar-refractivity contribution in [1.82, 2.24) is 45.4 Å². The van der Waals surface area contributed by atoms with E-state index < -0.39 is 30.7 Å². The molecule has 6 N–H and O–H groups in total. The molecule has 2 saturated heterocycles. The number of carbonyl (C=O) groups excluding carboxylic acids is 4. The predicted octanol–water partition coefficient (Wildman–Crippen LogP) is 6.70. The van der Waals surface area contributed by atoms with Crippen LogP contribution < -0.4 is 10.6 Å². The van der Waals surface area contributed by atoms with Gasteiger partial charge >= 0.3 is 6.09 Å². The van der Waals surface area contributed by atoms with Gasteiger partial charge in [-0.25, -0.2) is 14.8 Å². The molecule has 2 fully saturated rings. The molecule has 0 saturated carbocycles. The number of ether oxygens (including phenoxy) is 1. The molecule has 5 heterocycles. The summed E-state index contributed by atoms with van der Waals surface area (Å²) in [6.45, 7) is 8.14. The van der Waals surface area contributed by atoms with E-state index in [9.17, 15) is 24.3 Å². The first-order chi connectivity index (χ1) is 30.4. The first-order valence-electron chi connectivity index (χ1n) is 22.4. The Labute approximate surface area is 365 Å². The number of aliphatic hydroxyl groups is 1. The molecule has 4 amide bonds. The number of aryl methyl sites for hydroxylation is 1. The summed E-state index contributed by atoms with van der Waals surface area (Å²) in [5.74, 6) is 0.768. The molecule has 330 valence electrons. The number of nitrogens with one attached hydrogen (secondary N) is 5.